The van der Waals surface area contributed by atoms with Crippen LogP contribution in [0.4, 0.5) is 5.69 Å². The van der Waals surface area contributed by atoms with Crippen LogP contribution < -0.4 is 5.32 Å². The van der Waals surface area contributed by atoms with Crippen molar-refractivity contribution in [3.8, 4) is 6.07 Å². The maximum Gasteiger partial charge on any atom is 0.307 e. The molecule has 0 spiro atoms. The lowest BCUT2D eigenvalue weighted by atomic mass is 10.1. The second kappa shape index (κ2) is 10.2. The number of nitrogens with zero attached hydrogens (tertiary/aromatic N) is 3. The standard InChI is InChI=1S/C23H24N4O3/c24-15-20(16-25-21-8-6-18(7-9-21)14-22(28)29)23(30)27-12-10-26(11-13-27)17-19-4-2-1-3-5-19/h1-9,16,25H,10-14,17H2,(H,28,29)/b20-16-. The fourth-order valence-electron chi connectivity index (χ4n) is 3.31. The molecule has 1 aliphatic heterocycles. The van der Waals surface area contributed by atoms with E-state index in [1.165, 1.54) is 11.8 Å². The molecule has 1 amide bonds. The Kier molecular flexibility index (Phi) is 7.19. The lowest BCUT2D eigenvalue weighted by molar-refractivity contribution is -0.136. The fraction of sp³-hybridized carbons (Fsp3) is 0.261. The van der Waals surface area contributed by atoms with Crippen LogP contribution in [0.3, 0.4) is 0 Å². The van der Waals surface area contributed by atoms with E-state index in [2.05, 4.69) is 22.3 Å². The van der Waals surface area contributed by atoms with E-state index in [1.807, 2.05) is 24.3 Å². The molecule has 0 radical (unpaired) electrons. The Labute approximate surface area is 175 Å². The van der Waals surface area contributed by atoms with Crippen molar-refractivity contribution in [3.63, 3.8) is 0 Å². The molecule has 1 aliphatic rings. The third kappa shape index (κ3) is 5.93. The van der Waals surface area contributed by atoms with Crippen LogP contribution in [0.2, 0.25) is 0 Å². The van der Waals surface area contributed by atoms with Crippen molar-refractivity contribution in [1.29, 1.82) is 5.26 Å². The normalized spacial score (nSPS) is 14.8. The number of carboxylic acids is 1. The van der Waals surface area contributed by atoms with Gasteiger partial charge in [0.05, 0.1) is 6.42 Å². The van der Waals surface area contributed by atoms with Gasteiger partial charge < -0.3 is 15.3 Å². The minimum absolute atomic E-state index is 0.0427. The van der Waals surface area contributed by atoms with Crippen molar-refractivity contribution < 1.29 is 14.7 Å². The lowest BCUT2D eigenvalue weighted by Crippen LogP contribution is -2.48. The number of carboxylic acid groups (broad SMARTS) is 1. The topological polar surface area (TPSA) is 96.7 Å². The van der Waals surface area contributed by atoms with E-state index in [4.69, 9.17) is 5.11 Å². The first-order valence-electron chi connectivity index (χ1n) is 9.78. The molecule has 2 aromatic rings. The van der Waals surface area contributed by atoms with Crippen LogP contribution in [0, 0.1) is 11.3 Å². The zero-order valence-corrected chi connectivity index (χ0v) is 16.6. The molecular formula is C23H24N4O3. The molecule has 30 heavy (non-hydrogen) atoms. The molecule has 1 saturated heterocycles. The summed E-state index contributed by atoms with van der Waals surface area (Å²) in [6, 6.07) is 19.0. The van der Waals surface area contributed by atoms with Crippen LogP contribution in [-0.4, -0.2) is 53.0 Å². The molecule has 0 aromatic heterocycles. The number of benzene rings is 2. The van der Waals surface area contributed by atoms with Gasteiger partial charge in [-0.1, -0.05) is 42.5 Å². The fourth-order valence-corrected chi connectivity index (χ4v) is 3.31. The highest BCUT2D eigenvalue weighted by molar-refractivity contribution is 5.97. The highest BCUT2D eigenvalue weighted by Gasteiger charge is 2.23. The molecule has 7 heteroatoms. The lowest BCUT2D eigenvalue weighted by Gasteiger charge is -2.34. The van der Waals surface area contributed by atoms with Crippen molar-refractivity contribution in [2.24, 2.45) is 0 Å². The number of amides is 1. The van der Waals surface area contributed by atoms with Crippen molar-refractivity contribution in [1.82, 2.24) is 9.80 Å². The highest BCUT2D eigenvalue weighted by atomic mass is 16.4. The highest BCUT2D eigenvalue weighted by Crippen LogP contribution is 2.13. The molecule has 2 N–H and O–H groups in total. The van der Waals surface area contributed by atoms with Crippen LogP contribution in [0.15, 0.2) is 66.4 Å². The van der Waals surface area contributed by atoms with Crippen LogP contribution in [0.25, 0.3) is 0 Å². The summed E-state index contributed by atoms with van der Waals surface area (Å²) < 4.78 is 0. The first-order valence-corrected chi connectivity index (χ1v) is 9.78. The van der Waals surface area contributed by atoms with Gasteiger partial charge in [0.2, 0.25) is 0 Å². The van der Waals surface area contributed by atoms with Gasteiger partial charge in [0.15, 0.2) is 0 Å². The second-order valence-corrected chi connectivity index (χ2v) is 7.14. The maximum absolute atomic E-state index is 12.7. The number of carbonyl (C=O) groups is 2. The van der Waals surface area contributed by atoms with Crippen LogP contribution >= 0.6 is 0 Å². The van der Waals surface area contributed by atoms with E-state index in [-0.39, 0.29) is 17.9 Å². The number of piperazine rings is 1. The van der Waals surface area contributed by atoms with Gasteiger partial charge in [-0.25, -0.2) is 0 Å². The SMILES string of the molecule is N#C/C(=C/Nc1ccc(CC(=O)O)cc1)C(=O)N1CCN(Cc2ccccc2)CC1. The Morgan fingerprint density at radius 2 is 1.67 bits per heavy atom. The molecule has 0 bridgehead atoms. The Balaban J connectivity index is 1.53. The van der Waals surface area contributed by atoms with E-state index in [9.17, 15) is 14.9 Å². The molecule has 1 fully saturated rings. The molecule has 2 aromatic carbocycles. The van der Waals surface area contributed by atoms with E-state index in [1.54, 1.807) is 29.2 Å². The van der Waals surface area contributed by atoms with Gasteiger partial charge in [-0.15, -0.1) is 0 Å². The predicted octanol–water partition coefficient (Wildman–Crippen LogP) is 2.48. The number of hydrogen-bond acceptors (Lipinski definition) is 5. The minimum Gasteiger partial charge on any atom is -0.481 e. The first-order chi connectivity index (χ1) is 14.5. The first kappa shape index (κ1) is 21.1. The number of carbonyl (C=O) groups excluding carboxylic acids is 1. The van der Waals surface area contributed by atoms with E-state index < -0.39 is 5.97 Å². The summed E-state index contributed by atoms with van der Waals surface area (Å²) in [5.74, 6) is -1.18. The average molecular weight is 404 g/mol. The number of aliphatic carboxylic acids is 1. The summed E-state index contributed by atoms with van der Waals surface area (Å²) in [6.45, 7) is 3.53. The summed E-state index contributed by atoms with van der Waals surface area (Å²) in [7, 11) is 0. The number of rotatable bonds is 7. The van der Waals surface area contributed by atoms with Gasteiger partial charge >= 0.3 is 5.97 Å². The predicted molar refractivity (Wildman–Crippen MR) is 113 cm³/mol. The Hall–Kier alpha value is -3.63. The van der Waals surface area contributed by atoms with Crippen LogP contribution in [-0.2, 0) is 22.6 Å². The Morgan fingerprint density at radius 3 is 2.27 bits per heavy atom. The molecule has 1 heterocycles. The third-order valence-electron chi connectivity index (χ3n) is 4.95. The van der Waals surface area contributed by atoms with Gasteiger partial charge in [-0.2, -0.15) is 5.26 Å². The zero-order valence-electron chi connectivity index (χ0n) is 16.6. The van der Waals surface area contributed by atoms with Crippen molar-refractivity contribution in [2.75, 3.05) is 31.5 Å². The van der Waals surface area contributed by atoms with Gasteiger partial charge in [0.1, 0.15) is 11.6 Å². The summed E-state index contributed by atoms with van der Waals surface area (Å²) >= 11 is 0. The number of hydrogen-bond donors (Lipinski definition) is 2. The summed E-state index contributed by atoms with van der Waals surface area (Å²) in [5.41, 5.74) is 2.65. The van der Waals surface area contributed by atoms with E-state index in [0.29, 0.717) is 24.3 Å². The molecule has 0 aliphatic carbocycles. The maximum atomic E-state index is 12.7. The van der Waals surface area contributed by atoms with Gasteiger partial charge in [-0.3, -0.25) is 14.5 Å². The molecule has 0 unspecified atom stereocenters. The molecule has 154 valence electrons. The van der Waals surface area contributed by atoms with E-state index >= 15 is 0 Å². The number of nitriles is 1. The summed E-state index contributed by atoms with van der Waals surface area (Å²) in [6.07, 6.45) is 1.36. The third-order valence-corrected chi connectivity index (χ3v) is 4.95. The van der Waals surface area contributed by atoms with Gasteiger partial charge in [0.25, 0.3) is 5.91 Å². The minimum atomic E-state index is -0.892. The summed E-state index contributed by atoms with van der Waals surface area (Å²) in [5, 5.41) is 21.2. The smallest absolute Gasteiger partial charge is 0.307 e. The van der Waals surface area contributed by atoms with Crippen molar-refractivity contribution in [2.45, 2.75) is 13.0 Å². The molecule has 0 saturated carbocycles. The molecular weight excluding hydrogens is 380 g/mol. The Morgan fingerprint density at radius 1 is 1.00 bits per heavy atom. The second-order valence-electron chi connectivity index (χ2n) is 7.14. The van der Waals surface area contributed by atoms with Crippen LogP contribution in [0.5, 0.6) is 0 Å². The average Bonchev–Trinajstić information content (AvgIpc) is 2.76. The van der Waals surface area contributed by atoms with Gasteiger partial charge in [0, 0.05) is 44.6 Å². The van der Waals surface area contributed by atoms with E-state index in [0.717, 1.165) is 19.6 Å². The van der Waals surface area contributed by atoms with Crippen LogP contribution in [0.1, 0.15) is 11.1 Å². The molecule has 3 rings (SSSR count). The monoisotopic (exact) mass is 404 g/mol. The summed E-state index contributed by atoms with van der Waals surface area (Å²) in [4.78, 5) is 27.4. The van der Waals surface area contributed by atoms with Gasteiger partial charge in [-0.05, 0) is 23.3 Å². The molecule has 7 nitrogen and oxygen atoms in total. The number of nitrogens with one attached hydrogen (secondary N) is 1. The Bertz CT molecular complexity index is 941. The van der Waals surface area contributed by atoms with Crippen molar-refractivity contribution >= 4 is 17.6 Å². The zero-order chi connectivity index (χ0) is 21.3. The largest absolute Gasteiger partial charge is 0.481 e. The van der Waals surface area contributed by atoms with Crippen molar-refractivity contribution in [3.05, 3.63) is 77.5 Å². The number of anilines is 1. The molecule has 0 atom stereocenters. The quantitative estimate of drug-likeness (QED) is 0.544.